The van der Waals surface area contributed by atoms with E-state index in [1.807, 2.05) is 0 Å². The van der Waals surface area contributed by atoms with Gasteiger partial charge in [-0.15, -0.1) is 0 Å². The van der Waals surface area contributed by atoms with Crippen molar-refractivity contribution in [3.8, 4) is 0 Å². The van der Waals surface area contributed by atoms with Gasteiger partial charge >= 0.3 is 0 Å². The Morgan fingerprint density at radius 3 is 2.84 bits per heavy atom. The van der Waals surface area contributed by atoms with Gasteiger partial charge in [0.05, 0.1) is 16.8 Å². The lowest BCUT2D eigenvalue weighted by Gasteiger charge is -2.27. The van der Waals surface area contributed by atoms with E-state index in [1.165, 1.54) is 32.1 Å². The molecule has 0 bridgehead atoms. The van der Waals surface area contributed by atoms with Crippen molar-refractivity contribution in [2.24, 2.45) is 5.92 Å². The van der Waals surface area contributed by atoms with E-state index < -0.39 is 0 Å². The molecular formula is C14H20BrClN2O. The van der Waals surface area contributed by atoms with Crippen molar-refractivity contribution >= 4 is 27.5 Å². The highest BCUT2D eigenvalue weighted by atomic mass is 79.9. The van der Waals surface area contributed by atoms with Crippen LogP contribution in [0, 0.1) is 5.92 Å². The van der Waals surface area contributed by atoms with Crippen LogP contribution in [0.3, 0.4) is 0 Å². The lowest BCUT2D eigenvalue weighted by molar-refractivity contribution is 0.180. The molecule has 0 N–H and O–H groups in total. The molecule has 0 radical (unpaired) electrons. The van der Waals surface area contributed by atoms with Gasteiger partial charge in [0.2, 0.25) is 0 Å². The van der Waals surface area contributed by atoms with Crippen molar-refractivity contribution in [2.75, 3.05) is 7.11 Å². The summed E-state index contributed by atoms with van der Waals surface area (Å²) in [6.07, 6.45) is 6.19. The quantitative estimate of drug-likeness (QED) is 0.739. The number of hydrogen-bond donors (Lipinski definition) is 0. The van der Waals surface area contributed by atoms with Crippen LogP contribution in [0.25, 0.3) is 0 Å². The Labute approximate surface area is 128 Å². The van der Waals surface area contributed by atoms with Gasteiger partial charge in [-0.05, 0) is 34.7 Å². The van der Waals surface area contributed by atoms with Crippen LogP contribution in [0.2, 0.25) is 5.15 Å². The molecule has 1 saturated carbocycles. The third-order valence-corrected chi connectivity index (χ3v) is 5.24. The second kappa shape index (κ2) is 7.00. The van der Waals surface area contributed by atoms with Crippen LogP contribution in [0.1, 0.15) is 56.5 Å². The number of nitrogens with zero attached hydrogens (tertiary/aromatic N) is 2. The Balaban J connectivity index is 2.24. The van der Waals surface area contributed by atoms with Crippen LogP contribution >= 0.6 is 27.5 Å². The monoisotopic (exact) mass is 346 g/mol. The van der Waals surface area contributed by atoms with Gasteiger partial charge in [-0.3, -0.25) is 0 Å². The van der Waals surface area contributed by atoms with Crippen molar-refractivity contribution in [3.05, 3.63) is 21.1 Å². The smallest absolute Gasteiger partial charge is 0.147 e. The summed E-state index contributed by atoms with van der Waals surface area (Å²) >= 11 is 9.62. The maximum atomic E-state index is 6.19. The second-order valence-electron chi connectivity index (χ2n) is 5.20. The second-order valence-corrected chi connectivity index (χ2v) is 6.36. The number of aromatic nitrogens is 2. The van der Waals surface area contributed by atoms with E-state index in [4.69, 9.17) is 16.3 Å². The predicted octanol–water partition coefficient (Wildman–Crippen LogP) is 4.72. The fourth-order valence-corrected chi connectivity index (χ4v) is 3.28. The molecule has 1 aliphatic rings. The Bertz CT molecular complexity index is 442. The standard InChI is InChI=1S/C14H20BrClN2O/c1-3-9-5-4-6-10(7-9)14-17-11(8-19-2)12(15)13(16)18-14/h9-10H,3-8H2,1-2H3. The van der Waals surface area contributed by atoms with Crippen LogP contribution < -0.4 is 0 Å². The zero-order valence-electron chi connectivity index (χ0n) is 11.5. The third kappa shape index (κ3) is 3.67. The van der Waals surface area contributed by atoms with E-state index >= 15 is 0 Å². The third-order valence-electron chi connectivity index (χ3n) is 3.90. The summed E-state index contributed by atoms with van der Waals surface area (Å²) < 4.78 is 5.92. The maximum absolute atomic E-state index is 6.19. The average molecular weight is 348 g/mol. The maximum Gasteiger partial charge on any atom is 0.147 e. The van der Waals surface area contributed by atoms with Crippen LogP contribution in [-0.2, 0) is 11.3 Å². The van der Waals surface area contributed by atoms with E-state index in [-0.39, 0.29) is 0 Å². The Kier molecular flexibility index (Phi) is 5.60. The molecule has 1 aliphatic carbocycles. The molecule has 0 saturated heterocycles. The van der Waals surface area contributed by atoms with Crippen molar-refractivity contribution in [2.45, 2.75) is 51.6 Å². The highest BCUT2D eigenvalue weighted by Gasteiger charge is 2.25. The summed E-state index contributed by atoms with van der Waals surface area (Å²) in [5.41, 5.74) is 0.844. The van der Waals surface area contributed by atoms with Crippen molar-refractivity contribution < 1.29 is 4.74 Å². The van der Waals surface area contributed by atoms with Crippen molar-refractivity contribution in [3.63, 3.8) is 0 Å². The largest absolute Gasteiger partial charge is 0.378 e. The van der Waals surface area contributed by atoms with E-state index in [1.54, 1.807) is 7.11 Å². The first-order valence-electron chi connectivity index (χ1n) is 6.86. The van der Waals surface area contributed by atoms with Crippen LogP contribution in [0.4, 0.5) is 0 Å². The van der Waals surface area contributed by atoms with E-state index in [2.05, 4.69) is 32.8 Å². The average Bonchev–Trinajstić information content (AvgIpc) is 2.44. The SMILES string of the molecule is CCC1CCCC(c2nc(Cl)c(Br)c(COC)n2)C1. The predicted molar refractivity (Wildman–Crippen MR) is 80.4 cm³/mol. The molecule has 0 spiro atoms. The molecule has 3 nitrogen and oxygen atoms in total. The summed E-state index contributed by atoms with van der Waals surface area (Å²) in [5, 5.41) is 0.496. The number of methoxy groups -OCH3 is 1. The van der Waals surface area contributed by atoms with Gasteiger partial charge in [-0.1, -0.05) is 37.8 Å². The summed E-state index contributed by atoms with van der Waals surface area (Å²) in [7, 11) is 1.66. The molecule has 1 fully saturated rings. The summed E-state index contributed by atoms with van der Waals surface area (Å²) in [5.74, 6) is 2.13. The number of hydrogen-bond acceptors (Lipinski definition) is 3. The lowest BCUT2D eigenvalue weighted by atomic mass is 9.80. The molecule has 2 unspecified atom stereocenters. The van der Waals surface area contributed by atoms with Gasteiger partial charge in [-0.25, -0.2) is 9.97 Å². The fraction of sp³-hybridized carbons (Fsp3) is 0.714. The van der Waals surface area contributed by atoms with Gasteiger partial charge in [0, 0.05) is 13.0 Å². The normalized spacial score (nSPS) is 23.6. The minimum atomic E-state index is 0.444. The lowest BCUT2D eigenvalue weighted by Crippen LogP contribution is -2.17. The van der Waals surface area contributed by atoms with Gasteiger partial charge < -0.3 is 4.74 Å². The van der Waals surface area contributed by atoms with Crippen molar-refractivity contribution in [1.82, 2.24) is 9.97 Å². The zero-order chi connectivity index (χ0) is 13.8. The first-order valence-corrected chi connectivity index (χ1v) is 8.03. The Morgan fingerprint density at radius 1 is 1.37 bits per heavy atom. The Morgan fingerprint density at radius 2 is 2.16 bits per heavy atom. The fourth-order valence-electron chi connectivity index (χ4n) is 2.79. The molecule has 2 atom stereocenters. The summed E-state index contributed by atoms with van der Waals surface area (Å²) in [6, 6.07) is 0. The molecule has 5 heteroatoms. The topological polar surface area (TPSA) is 35.0 Å². The zero-order valence-corrected chi connectivity index (χ0v) is 13.8. The highest BCUT2D eigenvalue weighted by Crippen LogP contribution is 2.37. The first-order chi connectivity index (χ1) is 9.15. The Hall–Kier alpha value is -0.190. The van der Waals surface area contributed by atoms with Crippen LogP contribution in [-0.4, -0.2) is 17.1 Å². The van der Waals surface area contributed by atoms with Gasteiger partial charge in [0.1, 0.15) is 11.0 Å². The molecule has 19 heavy (non-hydrogen) atoms. The van der Waals surface area contributed by atoms with Gasteiger partial charge in [0.15, 0.2) is 0 Å². The number of rotatable bonds is 4. The van der Waals surface area contributed by atoms with Crippen LogP contribution in [0.5, 0.6) is 0 Å². The van der Waals surface area contributed by atoms with E-state index in [0.29, 0.717) is 17.7 Å². The van der Waals surface area contributed by atoms with E-state index in [0.717, 1.165) is 21.9 Å². The summed E-state index contributed by atoms with van der Waals surface area (Å²) in [4.78, 5) is 9.11. The number of ether oxygens (including phenoxy) is 1. The first kappa shape index (κ1) is 15.2. The molecular weight excluding hydrogens is 328 g/mol. The van der Waals surface area contributed by atoms with E-state index in [9.17, 15) is 0 Å². The molecule has 1 aromatic rings. The minimum absolute atomic E-state index is 0.444. The minimum Gasteiger partial charge on any atom is -0.378 e. The molecule has 0 amide bonds. The molecule has 2 rings (SSSR count). The van der Waals surface area contributed by atoms with Crippen LogP contribution in [0.15, 0.2) is 4.47 Å². The molecule has 1 heterocycles. The van der Waals surface area contributed by atoms with Crippen molar-refractivity contribution in [1.29, 1.82) is 0 Å². The van der Waals surface area contributed by atoms with Gasteiger partial charge in [-0.2, -0.15) is 0 Å². The number of halogens is 2. The highest BCUT2D eigenvalue weighted by molar-refractivity contribution is 9.10. The van der Waals surface area contributed by atoms with Gasteiger partial charge in [0.25, 0.3) is 0 Å². The molecule has 106 valence electrons. The molecule has 0 aliphatic heterocycles. The molecule has 1 aromatic heterocycles. The molecule has 0 aromatic carbocycles. The summed E-state index contributed by atoms with van der Waals surface area (Å²) in [6.45, 7) is 2.72.